The summed E-state index contributed by atoms with van der Waals surface area (Å²) in [6, 6.07) is 13.2. The van der Waals surface area contributed by atoms with Crippen molar-refractivity contribution in [3.8, 4) is 17.2 Å². The van der Waals surface area contributed by atoms with Gasteiger partial charge >= 0.3 is 0 Å². The predicted molar refractivity (Wildman–Crippen MR) is 97.0 cm³/mol. The molecule has 1 unspecified atom stereocenters. The number of fused-ring (bicyclic) bond motifs is 1. The average molecular weight is 375 g/mol. The van der Waals surface area contributed by atoms with Crippen molar-refractivity contribution >= 4 is 9.84 Å². The summed E-state index contributed by atoms with van der Waals surface area (Å²) in [5, 5.41) is 10.4. The average Bonchev–Trinajstić information content (AvgIpc) is 3.21. The third-order valence-electron chi connectivity index (χ3n) is 4.90. The second-order valence-corrected chi connectivity index (χ2v) is 9.01. The fraction of sp³-hybridized carbons (Fsp3) is 0.368. The lowest BCUT2D eigenvalue weighted by atomic mass is 10.1. The maximum Gasteiger partial charge on any atom is 0.231 e. The van der Waals surface area contributed by atoms with Crippen LogP contribution in [-0.2, 0) is 22.9 Å². The molecule has 26 heavy (non-hydrogen) atoms. The van der Waals surface area contributed by atoms with Crippen LogP contribution < -0.4 is 9.47 Å². The Kier molecular flexibility index (Phi) is 4.50. The molecule has 0 amide bonds. The second kappa shape index (κ2) is 6.81. The Hall–Kier alpha value is -2.25. The Bertz CT molecular complexity index is 898. The van der Waals surface area contributed by atoms with Crippen molar-refractivity contribution < 1.29 is 23.0 Å². The molecule has 0 radical (unpaired) electrons. The molecule has 138 valence electrons. The zero-order valence-electron chi connectivity index (χ0n) is 14.3. The van der Waals surface area contributed by atoms with E-state index in [0.29, 0.717) is 36.6 Å². The number of hydrogen-bond acceptors (Lipinski definition) is 6. The summed E-state index contributed by atoms with van der Waals surface area (Å²) in [6.45, 7) is 1.21. The van der Waals surface area contributed by atoms with E-state index in [9.17, 15) is 13.5 Å². The van der Waals surface area contributed by atoms with Crippen LogP contribution in [0.1, 0.15) is 17.5 Å². The predicted octanol–water partition coefficient (Wildman–Crippen LogP) is 2.31. The van der Waals surface area contributed by atoms with Crippen LogP contribution in [0, 0.1) is 0 Å². The van der Waals surface area contributed by atoms with Crippen LogP contribution in [0.2, 0.25) is 0 Å². The van der Waals surface area contributed by atoms with Gasteiger partial charge in [0, 0.05) is 30.8 Å². The molecule has 1 atom stereocenters. The topological polar surface area (TPSA) is 76.1 Å². The minimum Gasteiger partial charge on any atom is -0.507 e. The molecule has 0 aliphatic carbocycles. The molecule has 1 fully saturated rings. The normalized spacial score (nSPS) is 20.6. The minimum atomic E-state index is -2.99. The Morgan fingerprint density at radius 3 is 2.50 bits per heavy atom. The van der Waals surface area contributed by atoms with Gasteiger partial charge in [-0.25, -0.2) is 8.42 Å². The quantitative estimate of drug-likeness (QED) is 0.864. The van der Waals surface area contributed by atoms with Gasteiger partial charge in [0.05, 0.1) is 11.5 Å². The Morgan fingerprint density at radius 1 is 1.08 bits per heavy atom. The zero-order valence-corrected chi connectivity index (χ0v) is 15.1. The van der Waals surface area contributed by atoms with Crippen molar-refractivity contribution in [3.05, 3.63) is 53.6 Å². The van der Waals surface area contributed by atoms with Crippen LogP contribution in [0.3, 0.4) is 0 Å². The lowest BCUT2D eigenvalue weighted by Crippen LogP contribution is -2.35. The first-order valence-corrected chi connectivity index (χ1v) is 10.4. The van der Waals surface area contributed by atoms with E-state index in [0.717, 1.165) is 5.56 Å². The van der Waals surface area contributed by atoms with E-state index in [2.05, 4.69) is 4.90 Å². The van der Waals surface area contributed by atoms with Gasteiger partial charge in [-0.3, -0.25) is 4.90 Å². The third-order valence-corrected chi connectivity index (χ3v) is 6.65. The van der Waals surface area contributed by atoms with Crippen molar-refractivity contribution in [1.29, 1.82) is 0 Å². The van der Waals surface area contributed by atoms with Crippen molar-refractivity contribution in [2.45, 2.75) is 25.6 Å². The number of hydrogen-bond donors (Lipinski definition) is 1. The van der Waals surface area contributed by atoms with Gasteiger partial charge in [0.25, 0.3) is 0 Å². The number of aromatic hydroxyl groups is 1. The van der Waals surface area contributed by atoms with Gasteiger partial charge in [-0.15, -0.1) is 0 Å². The van der Waals surface area contributed by atoms with Crippen molar-refractivity contribution in [2.75, 3.05) is 18.3 Å². The molecular weight excluding hydrogens is 354 g/mol. The molecular formula is C19H21NO5S. The van der Waals surface area contributed by atoms with E-state index in [1.165, 1.54) is 0 Å². The molecule has 2 aliphatic rings. The van der Waals surface area contributed by atoms with Crippen molar-refractivity contribution in [3.63, 3.8) is 0 Å². The van der Waals surface area contributed by atoms with Gasteiger partial charge in [-0.2, -0.15) is 0 Å². The highest BCUT2D eigenvalue weighted by molar-refractivity contribution is 7.91. The van der Waals surface area contributed by atoms with E-state index >= 15 is 0 Å². The van der Waals surface area contributed by atoms with Gasteiger partial charge in [0.2, 0.25) is 6.79 Å². The largest absolute Gasteiger partial charge is 0.507 e. The maximum atomic E-state index is 12.0. The molecule has 0 bridgehead atoms. The minimum absolute atomic E-state index is 0.0648. The van der Waals surface area contributed by atoms with E-state index in [4.69, 9.17) is 9.47 Å². The summed E-state index contributed by atoms with van der Waals surface area (Å²) in [7, 11) is -2.99. The standard InChI is InChI=1S/C19H21NO5S/c21-17-9-19-18(24-13-25-19)8-15(17)11-20(10-14-4-2-1-3-5-14)16-6-7-26(22,23)12-16/h1-5,8-9,16,21H,6-7,10-13H2. The highest BCUT2D eigenvalue weighted by atomic mass is 32.2. The SMILES string of the molecule is O=S1(=O)CCC(N(Cc2ccccc2)Cc2cc3c(cc2O)OCO3)C1. The maximum absolute atomic E-state index is 12.0. The summed E-state index contributed by atoms with van der Waals surface area (Å²) >= 11 is 0. The van der Waals surface area contributed by atoms with Gasteiger partial charge in [0.1, 0.15) is 5.75 Å². The van der Waals surface area contributed by atoms with Crippen LogP contribution in [-0.4, -0.2) is 42.8 Å². The number of phenols is 1. The molecule has 4 rings (SSSR count). The second-order valence-electron chi connectivity index (χ2n) is 6.78. The van der Waals surface area contributed by atoms with E-state index in [1.54, 1.807) is 12.1 Å². The number of sulfone groups is 1. The first kappa shape index (κ1) is 17.2. The lowest BCUT2D eigenvalue weighted by molar-refractivity contribution is 0.173. The smallest absolute Gasteiger partial charge is 0.231 e. The van der Waals surface area contributed by atoms with Gasteiger partial charge in [-0.1, -0.05) is 30.3 Å². The highest BCUT2D eigenvalue weighted by Gasteiger charge is 2.33. The first-order valence-electron chi connectivity index (χ1n) is 8.60. The number of ether oxygens (including phenoxy) is 2. The van der Waals surface area contributed by atoms with Gasteiger partial charge < -0.3 is 14.6 Å². The van der Waals surface area contributed by atoms with Gasteiger partial charge in [-0.05, 0) is 18.1 Å². The molecule has 6 nitrogen and oxygen atoms in total. The Balaban J connectivity index is 1.61. The van der Waals surface area contributed by atoms with Crippen LogP contribution in [0.4, 0.5) is 0 Å². The zero-order chi connectivity index (χ0) is 18.1. The lowest BCUT2D eigenvalue weighted by Gasteiger charge is -2.28. The van der Waals surface area contributed by atoms with Crippen molar-refractivity contribution in [1.82, 2.24) is 4.90 Å². The van der Waals surface area contributed by atoms with E-state index in [-0.39, 0.29) is 30.1 Å². The van der Waals surface area contributed by atoms with Crippen molar-refractivity contribution in [2.24, 2.45) is 0 Å². The molecule has 2 aromatic rings. The summed E-state index contributed by atoms with van der Waals surface area (Å²) in [5.41, 5.74) is 1.81. The molecule has 0 saturated carbocycles. The third kappa shape index (κ3) is 3.64. The van der Waals surface area contributed by atoms with E-state index in [1.807, 2.05) is 30.3 Å². The fourth-order valence-corrected chi connectivity index (χ4v) is 5.28. The summed E-state index contributed by atoms with van der Waals surface area (Å²) in [4.78, 5) is 2.12. The molecule has 7 heteroatoms. The molecule has 1 N–H and O–H groups in total. The highest BCUT2D eigenvalue weighted by Crippen LogP contribution is 2.38. The van der Waals surface area contributed by atoms with Crippen LogP contribution in [0.5, 0.6) is 17.2 Å². The molecule has 2 aliphatic heterocycles. The number of phenolic OH excluding ortho intramolecular Hbond substituents is 1. The Morgan fingerprint density at radius 2 is 1.81 bits per heavy atom. The summed E-state index contributed by atoms with van der Waals surface area (Å²) < 4.78 is 34.6. The van der Waals surface area contributed by atoms with Crippen LogP contribution in [0.15, 0.2) is 42.5 Å². The van der Waals surface area contributed by atoms with Gasteiger partial charge in [0.15, 0.2) is 21.3 Å². The fourth-order valence-electron chi connectivity index (χ4n) is 3.51. The molecule has 2 heterocycles. The molecule has 0 aromatic heterocycles. The van der Waals surface area contributed by atoms with E-state index < -0.39 is 9.84 Å². The molecule has 1 saturated heterocycles. The monoisotopic (exact) mass is 375 g/mol. The first-order chi connectivity index (χ1) is 12.5. The van der Waals surface area contributed by atoms with Crippen LogP contribution >= 0.6 is 0 Å². The molecule has 2 aromatic carbocycles. The number of nitrogens with zero attached hydrogens (tertiary/aromatic N) is 1. The van der Waals surface area contributed by atoms with Crippen LogP contribution in [0.25, 0.3) is 0 Å². The summed E-state index contributed by atoms with van der Waals surface area (Å²) in [5.74, 6) is 1.65. The number of benzene rings is 2. The number of rotatable bonds is 5. The Labute approximate surface area is 152 Å². The molecule has 0 spiro atoms. The summed E-state index contributed by atoms with van der Waals surface area (Å²) in [6.07, 6.45) is 0.612.